The molecule has 1 atom stereocenters. The number of amides is 2. The molecule has 24 heavy (non-hydrogen) atoms. The highest BCUT2D eigenvalue weighted by molar-refractivity contribution is 14.1. The normalized spacial score (nSPS) is 17.0. The fraction of sp³-hybridized carbons (Fsp3) is 0.222. The Morgan fingerprint density at radius 3 is 2.46 bits per heavy atom. The number of nitrogens with zero attached hydrogens (tertiary/aromatic N) is 1. The lowest BCUT2D eigenvalue weighted by Gasteiger charge is -2.17. The van der Waals surface area contributed by atoms with Crippen molar-refractivity contribution < 1.29 is 14.3 Å². The molecule has 0 saturated carbocycles. The van der Waals surface area contributed by atoms with Gasteiger partial charge in [-0.3, -0.25) is 9.59 Å². The third-order valence-electron chi connectivity index (χ3n) is 3.99. The first-order chi connectivity index (χ1) is 11.6. The summed E-state index contributed by atoms with van der Waals surface area (Å²) < 4.78 is 6.23. The van der Waals surface area contributed by atoms with Crippen LogP contribution >= 0.6 is 22.6 Å². The SMILES string of the molecule is COc1ccc(N2CC(C(=O)Nc3ccc(I)cc3)CC2=O)cc1. The average molecular weight is 436 g/mol. The van der Waals surface area contributed by atoms with Crippen LogP contribution in [0.4, 0.5) is 11.4 Å². The van der Waals surface area contributed by atoms with Crippen LogP contribution in [0.25, 0.3) is 0 Å². The Bertz CT molecular complexity index is 744. The lowest BCUT2D eigenvalue weighted by Crippen LogP contribution is -2.28. The minimum Gasteiger partial charge on any atom is -0.497 e. The van der Waals surface area contributed by atoms with Gasteiger partial charge in [0, 0.05) is 27.9 Å². The predicted octanol–water partition coefficient (Wildman–Crippen LogP) is 3.29. The standard InChI is InChI=1S/C18H17IN2O3/c1-24-16-8-6-15(7-9-16)21-11-12(10-17(21)22)18(23)20-14-4-2-13(19)3-5-14/h2-9,12H,10-11H2,1H3,(H,20,23). The Morgan fingerprint density at radius 1 is 1.17 bits per heavy atom. The van der Waals surface area contributed by atoms with E-state index >= 15 is 0 Å². The molecule has 2 aromatic rings. The molecule has 1 heterocycles. The minimum absolute atomic E-state index is 0.0390. The highest BCUT2D eigenvalue weighted by atomic mass is 127. The Kier molecular flexibility index (Phi) is 5.03. The quantitative estimate of drug-likeness (QED) is 0.749. The number of hydrogen-bond donors (Lipinski definition) is 1. The monoisotopic (exact) mass is 436 g/mol. The molecule has 0 spiro atoms. The molecule has 0 bridgehead atoms. The van der Waals surface area contributed by atoms with Crippen LogP contribution in [0, 0.1) is 9.49 Å². The number of ether oxygens (including phenoxy) is 1. The van der Waals surface area contributed by atoms with Crippen LogP contribution in [0.5, 0.6) is 5.75 Å². The third kappa shape index (κ3) is 3.69. The highest BCUT2D eigenvalue weighted by Gasteiger charge is 2.35. The summed E-state index contributed by atoms with van der Waals surface area (Å²) in [6, 6.07) is 14.9. The smallest absolute Gasteiger partial charge is 0.229 e. The molecule has 5 nitrogen and oxygen atoms in total. The van der Waals surface area contributed by atoms with Gasteiger partial charge < -0.3 is 15.0 Å². The maximum atomic E-state index is 12.4. The molecule has 1 unspecified atom stereocenters. The van der Waals surface area contributed by atoms with Gasteiger partial charge in [-0.1, -0.05) is 0 Å². The lowest BCUT2D eigenvalue weighted by molar-refractivity contribution is -0.122. The lowest BCUT2D eigenvalue weighted by atomic mass is 10.1. The molecule has 1 aliphatic heterocycles. The van der Waals surface area contributed by atoms with E-state index in [0.29, 0.717) is 6.54 Å². The first-order valence-corrected chi connectivity index (χ1v) is 8.65. The molecule has 0 aromatic heterocycles. The summed E-state index contributed by atoms with van der Waals surface area (Å²) in [6.07, 6.45) is 0.224. The third-order valence-corrected chi connectivity index (χ3v) is 4.71. The summed E-state index contributed by atoms with van der Waals surface area (Å²) in [5, 5.41) is 2.88. The first-order valence-electron chi connectivity index (χ1n) is 7.57. The van der Waals surface area contributed by atoms with Crippen molar-refractivity contribution in [2.75, 3.05) is 23.9 Å². The maximum absolute atomic E-state index is 12.4. The number of rotatable bonds is 4. The van der Waals surface area contributed by atoms with Crippen LogP contribution in [0.2, 0.25) is 0 Å². The summed E-state index contributed by atoms with van der Waals surface area (Å²) in [5.41, 5.74) is 1.53. The molecule has 1 fully saturated rings. The van der Waals surface area contributed by atoms with Crippen molar-refractivity contribution in [3.05, 3.63) is 52.1 Å². The zero-order chi connectivity index (χ0) is 17.1. The van der Waals surface area contributed by atoms with Gasteiger partial charge >= 0.3 is 0 Å². The summed E-state index contributed by atoms with van der Waals surface area (Å²) in [4.78, 5) is 26.3. The topological polar surface area (TPSA) is 58.6 Å². The van der Waals surface area contributed by atoms with Crippen molar-refractivity contribution in [1.82, 2.24) is 0 Å². The number of methoxy groups -OCH3 is 1. The van der Waals surface area contributed by atoms with Crippen molar-refractivity contribution in [2.24, 2.45) is 5.92 Å². The number of carbonyl (C=O) groups is 2. The van der Waals surface area contributed by atoms with E-state index in [-0.39, 0.29) is 24.2 Å². The molecule has 124 valence electrons. The van der Waals surface area contributed by atoms with E-state index < -0.39 is 0 Å². The Balaban J connectivity index is 1.67. The molecule has 0 aliphatic carbocycles. The second-order valence-electron chi connectivity index (χ2n) is 5.60. The second-order valence-corrected chi connectivity index (χ2v) is 6.85. The number of anilines is 2. The van der Waals surface area contributed by atoms with Gasteiger partial charge in [0.15, 0.2) is 0 Å². The second kappa shape index (κ2) is 7.21. The first kappa shape index (κ1) is 16.8. The maximum Gasteiger partial charge on any atom is 0.229 e. The van der Waals surface area contributed by atoms with E-state index in [2.05, 4.69) is 27.9 Å². The van der Waals surface area contributed by atoms with Gasteiger partial charge in [0.1, 0.15) is 5.75 Å². The van der Waals surface area contributed by atoms with E-state index in [9.17, 15) is 9.59 Å². The molecule has 0 radical (unpaired) electrons. The fourth-order valence-electron chi connectivity index (χ4n) is 2.67. The number of carbonyl (C=O) groups excluding carboxylic acids is 2. The molecular weight excluding hydrogens is 419 g/mol. The van der Waals surface area contributed by atoms with E-state index in [4.69, 9.17) is 4.74 Å². The Morgan fingerprint density at radius 2 is 1.83 bits per heavy atom. The Labute approximate surface area is 154 Å². The zero-order valence-corrected chi connectivity index (χ0v) is 15.3. The number of hydrogen-bond acceptors (Lipinski definition) is 3. The minimum atomic E-state index is -0.348. The van der Waals surface area contributed by atoms with E-state index in [0.717, 1.165) is 20.7 Å². The Hall–Kier alpha value is -2.09. The van der Waals surface area contributed by atoms with E-state index in [1.165, 1.54) is 0 Å². The van der Waals surface area contributed by atoms with Gasteiger partial charge in [-0.15, -0.1) is 0 Å². The molecule has 2 amide bonds. The van der Waals surface area contributed by atoms with Crippen LogP contribution in [-0.2, 0) is 9.59 Å². The van der Waals surface area contributed by atoms with Gasteiger partial charge in [0.05, 0.1) is 13.0 Å². The van der Waals surface area contributed by atoms with Crippen molar-refractivity contribution in [1.29, 1.82) is 0 Å². The van der Waals surface area contributed by atoms with Gasteiger partial charge in [-0.2, -0.15) is 0 Å². The number of nitrogens with one attached hydrogen (secondary N) is 1. The van der Waals surface area contributed by atoms with E-state index in [1.54, 1.807) is 12.0 Å². The van der Waals surface area contributed by atoms with Crippen LogP contribution < -0.4 is 15.0 Å². The van der Waals surface area contributed by atoms with Crippen LogP contribution in [0.15, 0.2) is 48.5 Å². The molecular formula is C18H17IN2O3. The van der Waals surface area contributed by atoms with E-state index in [1.807, 2.05) is 48.5 Å². The molecule has 6 heteroatoms. The van der Waals surface area contributed by atoms with Crippen LogP contribution in [-0.4, -0.2) is 25.5 Å². The molecule has 1 saturated heterocycles. The number of benzene rings is 2. The summed E-state index contributed by atoms with van der Waals surface area (Å²) in [5.74, 6) is 0.223. The molecule has 3 rings (SSSR count). The van der Waals surface area contributed by atoms with Crippen LogP contribution in [0.1, 0.15) is 6.42 Å². The van der Waals surface area contributed by atoms with Crippen molar-refractivity contribution in [3.63, 3.8) is 0 Å². The van der Waals surface area contributed by atoms with Crippen molar-refractivity contribution >= 4 is 45.8 Å². The molecule has 1 N–H and O–H groups in total. The summed E-state index contributed by atoms with van der Waals surface area (Å²) in [6.45, 7) is 0.390. The average Bonchev–Trinajstić information content (AvgIpc) is 2.99. The van der Waals surface area contributed by atoms with Crippen LogP contribution in [0.3, 0.4) is 0 Å². The summed E-state index contributed by atoms with van der Waals surface area (Å²) >= 11 is 2.21. The summed E-state index contributed by atoms with van der Waals surface area (Å²) in [7, 11) is 1.60. The predicted molar refractivity (Wildman–Crippen MR) is 101 cm³/mol. The zero-order valence-electron chi connectivity index (χ0n) is 13.2. The number of halogens is 1. The highest BCUT2D eigenvalue weighted by Crippen LogP contribution is 2.27. The van der Waals surface area contributed by atoms with Gasteiger partial charge in [-0.25, -0.2) is 0 Å². The van der Waals surface area contributed by atoms with Gasteiger partial charge in [0.2, 0.25) is 11.8 Å². The van der Waals surface area contributed by atoms with Crippen molar-refractivity contribution in [2.45, 2.75) is 6.42 Å². The largest absolute Gasteiger partial charge is 0.497 e. The fourth-order valence-corrected chi connectivity index (χ4v) is 3.03. The van der Waals surface area contributed by atoms with Gasteiger partial charge in [0.25, 0.3) is 0 Å². The van der Waals surface area contributed by atoms with Crippen molar-refractivity contribution in [3.8, 4) is 5.75 Å². The molecule has 1 aliphatic rings. The van der Waals surface area contributed by atoms with Gasteiger partial charge in [-0.05, 0) is 71.1 Å². The molecule has 2 aromatic carbocycles.